The Balaban J connectivity index is -0.000000500. The zero-order valence-electron chi connectivity index (χ0n) is 8.52. The van der Waals surface area contributed by atoms with Crippen LogP contribution in [0.2, 0.25) is 39.3 Å². The summed E-state index contributed by atoms with van der Waals surface area (Å²) < 4.78 is 11.1. The van der Waals surface area contributed by atoms with E-state index >= 15 is 0 Å². The Morgan fingerprint density at radius 1 is 0.692 bits per heavy atom. The van der Waals surface area contributed by atoms with E-state index in [0.29, 0.717) is 6.79 Å². The van der Waals surface area contributed by atoms with Crippen LogP contribution in [0.3, 0.4) is 0 Å². The standard InChI is InChI=1S/C7H20O2Si2.2CH4/c1-10(2,3)8-7-9-11(4,5)6;;/h7H2,1-6H3;2*1H4. The Labute approximate surface area is 86.9 Å². The highest BCUT2D eigenvalue weighted by molar-refractivity contribution is 6.70. The van der Waals surface area contributed by atoms with Crippen LogP contribution in [0.4, 0.5) is 0 Å². The number of hydrogen-bond acceptors (Lipinski definition) is 2. The summed E-state index contributed by atoms with van der Waals surface area (Å²) in [5.41, 5.74) is 0. The monoisotopic (exact) mass is 224 g/mol. The zero-order chi connectivity index (χ0) is 9.12. The molecule has 0 fully saturated rings. The van der Waals surface area contributed by atoms with E-state index in [1.54, 1.807) is 0 Å². The van der Waals surface area contributed by atoms with Gasteiger partial charge in [-0.25, -0.2) is 0 Å². The molecule has 0 bridgehead atoms. The van der Waals surface area contributed by atoms with E-state index in [9.17, 15) is 0 Å². The van der Waals surface area contributed by atoms with Crippen molar-refractivity contribution >= 4 is 16.6 Å². The van der Waals surface area contributed by atoms with Crippen molar-refractivity contribution < 1.29 is 8.85 Å². The lowest BCUT2D eigenvalue weighted by molar-refractivity contribution is 0.108. The molecule has 0 saturated carbocycles. The third-order valence-electron chi connectivity index (χ3n) is 0.984. The molecule has 0 unspecified atom stereocenters. The highest BCUT2D eigenvalue weighted by Crippen LogP contribution is 2.06. The molecule has 0 N–H and O–H groups in total. The van der Waals surface area contributed by atoms with Crippen LogP contribution in [0, 0.1) is 0 Å². The predicted molar refractivity (Wildman–Crippen MR) is 67.2 cm³/mol. The van der Waals surface area contributed by atoms with Gasteiger partial charge in [-0.1, -0.05) is 14.9 Å². The van der Waals surface area contributed by atoms with Crippen molar-refractivity contribution in [3.05, 3.63) is 0 Å². The fourth-order valence-electron chi connectivity index (χ4n) is 0.383. The summed E-state index contributed by atoms with van der Waals surface area (Å²) in [5, 5.41) is 0. The minimum atomic E-state index is -1.36. The van der Waals surface area contributed by atoms with Crippen molar-refractivity contribution in [1.82, 2.24) is 0 Å². The maximum Gasteiger partial charge on any atom is 0.186 e. The molecule has 0 aliphatic heterocycles. The summed E-state index contributed by atoms with van der Waals surface area (Å²) in [4.78, 5) is 0. The highest BCUT2D eigenvalue weighted by atomic mass is 28.4. The molecule has 4 heteroatoms. The van der Waals surface area contributed by atoms with Gasteiger partial charge in [0.2, 0.25) is 0 Å². The van der Waals surface area contributed by atoms with Crippen molar-refractivity contribution in [3.63, 3.8) is 0 Å². The van der Waals surface area contributed by atoms with Crippen LogP contribution in [-0.2, 0) is 8.85 Å². The van der Waals surface area contributed by atoms with Crippen molar-refractivity contribution in [2.24, 2.45) is 0 Å². The van der Waals surface area contributed by atoms with E-state index in [0.717, 1.165) is 0 Å². The van der Waals surface area contributed by atoms with Gasteiger partial charge < -0.3 is 8.85 Å². The van der Waals surface area contributed by atoms with Crippen LogP contribution in [-0.4, -0.2) is 23.4 Å². The molecule has 0 heterocycles. The van der Waals surface area contributed by atoms with Gasteiger partial charge in [-0.05, 0) is 39.3 Å². The molecule has 0 saturated heterocycles. The molecule has 0 aromatic heterocycles. The smallest absolute Gasteiger partial charge is 0.186 e. The summed E-state index contributed by atoms with van der Waals surface area (Å²) in [6, 6.07) is 0. The first kappa shape index (κ1) is 19.0. The average molecular weight is 224 g/mol. The molecule has 13 heavy (non-hydrogen) atoms. The maximum atomic E-state index is 5.56. The van der Waals surface area contributed by atoms with Crippen LogP contribution in [0.5, 0.6) is 0 Å². The average Bonchev–Trinajstić information content (AvgIpc) is 1.55. The topological polar surface area (TPSA) is 18.5 Å². The molecule has 0 spiro atoms. The third kappa shape index (κ3) is 19.0. The molecule has 0 aromatic carbocycles. The SMILES string of the molecule is C.C.C[Si](C)(C)OCO[Si](C)(C)C. The quantitative estimate of drug-likeness (QED) is 0.532. The summed E-state index contributed by atoms with van der Waals surface area (Å²) >= 11 is 0. The zero-order valence-corrected chi connectivity index (χ0v) is 10.5. The minimum absolute atomic E-state index is 0. The summed E-state index contributed by atoms with van der Waals surface area (Å²) in [6.07, 6.45) is 0. The first-order valence-corrected chi connectivity index (χ1v) is 10.8. The summed E-state index contributed by atoms with van der Waals surface area (Å²) in [6.45, 7) is 13.5. The van der Waals surface area contributed by atoms with E-state index in [2.05, 4.69) is 39.3 Å². The lowest BCUT2D eigenvalue weighted by Crippen LogP contribution is -2.32. The van der Waals surface area contributed by atoms with Crippen LogP contribution in [0.15, 0.2) is 0 Å². The lowest BCUT2D eigenvalue weighted by atomic mass is 11.6. The maximum absolute atomic E-state index is 5.56. The van der Waals surface area contributed by atoms with Gasteiger partial charge in [-0.15, -0.1) is 0 Å². The molecule has 0 aliphatic rings. The highest BCUT2D eigenvalue weighted by Gasteiger charge is 2.18. The second-order valence-corrected chi connectivity index (χ2v) is 13.7. The Morgan fingerprint density at radius 3 is 1.08 bits per heavy atom. The van der Waals surface area contributed by atoms with Crippen molar-refractivity contribution in [1.29, 1.82) is 0 Å². The van der Waals surface area contributed by atoms with Crippen molar-refractivity contribution in [3.8, 4) is 0 Å². The fraction of sp³-hybridized carbons (Fsp3) is 1.00. The third-order valence-corrected chi connectivity index (χ3v) is 2.95. The largest absolute Gasteiger partial charge is 0.396 e. The van der Waals surface area contributed by atoms with E-state index in [1.165, 1.54) is 0 Å². The van der Waals surface area contributed by atoms with Gasteiger partial charge in [0.05, 0.1) is 0 Å². The van der Waals surface area contributed by atoms with Crippen molar-refractivity contribution in [2.45, 2.75) is 54.1 Å². The van der Waals surface area contributed by atoms with E-state index < -0.39 is 16.6 Å². The van der Waals surface area contributed by atoms with Gasteiger partial charge in [-0.2, -0.15) is 0 Å². The molecule has 0 rings (SSSR count). The predicted octanol–water partition coefficient (Wildman–Crippen LogP) is 3.92. The second-order valence-electron chi connectivity index (χ2n) is 4.63. The lowest BCUT2D eigenvalue weighted by Gasteiger charge is -2.22. The Hall–Kier alpha value is 0.354. The molecule has 0 aromatic rings. The summed E-state index contributed by atoms with van der Waals surface area (Å²) in [7, 11) is -2.72. The van der Waals surface area contributed by atoms with Gasteiger partial charge >= 0.3 is 0 Å². The normalized spacial score (nSPS) is 11.5. The van der Waals surface area contributed by atoms with Gasteiger partial charge in [0.25, 0.3) is 0 Å². The molecule has 0 amide bonds. The van der Waals surface area contributed by atoms with Crippen LogP contribution >= 0.6 is 0 Å². The van der Waals surface area contributed by atoms with Crippen LogP contribution in [0.1, 0.15) is 14.9 Å². The van der Waals surface area contributed by atoms with Crippen LogP contribution < -0.4 is 0 Å². The van der Waals surface area contributed by atoms with Gasteiger partial charge in [0.1, 0.15) is 6.79 Å². The Kier molecular flexibility index (Phi) is 9.88. The van der Waals surface area contributed by atoms with Gasteiger partial charge in [0.15, 0.2) is 16.6 Å². The second kappa shape index (κ2) is 6.76. The molecular weight excluding hydrogens is 196 g/mol. The molecular formula is C9H28O2Si2. The fourth-order valence-corrected chi connectivity index (χ4v) is 1.33. The Bertz CT molecular complexity index is 99.8. The minimum Gasteiger partial charge on any atom is -0.396 e. The van der Waals surface area contributed by atoms with E-state index in [4.69, 9.17) is 8.85 Å². The first-order chi connectivity index (χ1) is 4.71. The molecule has 0 aliphatic carbocycles. The van der Waals surface area contributed by atoms with Gasteiger partial charge in [0, 0.05) is 0 Å². The molecule has 2 nitrogen and oxygen atoms in total. The molecule has 0 radical (unpaired) electrons. The van der Waals surface area contributed by atoms with Gasteiger partial charge in [-0.3, -0.25) is 0 Å². The number of rotatable bonds is 4. The summed E-state index contributed by atoms with van der Waals surface area (Å²) in [5.74, 6) is 0. The van der Waals surface area contributed by atoms with E-state index in [-0.39, 0.29) is 14.9 Å². The van der Waals surface area contributed by atoms with Crippen LogP contribution in [0.25, 0.3) is 0 Å². The van der Waals surface area contributed by atoms with E-state index in [1.807, 2.05) is 0 Å². The first-order valence-electron chi connectivity index (χ1n) is 3.99. The molecule has 84 valence electrons. The van der Waals surface area contributed by atoms with Crippen molar-refractivity contribution in [2.75, 3.05) is 6.79 Å². The Morgan fingerprint density at radius 2 is 0.923 bits per heavy atom. The number of hydrogen-bond donors (Lipinski definition) is 0. The molecule has 0 atom stereocenters.